The summed E-state index contributed by atoms with van der Waals surface area (Å²) in [5.74, 6) is -0.158. The fourth-order valence-electron chi connectivity index (χ4n) is 1.71. The lowest BCUT2D eigenvalue weighted by atomic mass is 10.2. The third-order valence-electron chi connectivity index (χ3n) is 2.74. The summed E-state index contributed by atoms with van der Waals surface area (Å²) in [5, 5.41) is 9.15. The minimum Gasteiger partial charge on any atom is -0.497 e. The lowest BCUT2D eigenvalue weighted by molar-refractivity contribution is 0.0694. The summed E-state index contributed by atoms with van der Waals surface area (Å²) in [5.41, 5.74) is -0.410. The van der Waals surface area contributed by atoms with Crippen molar-refractivity contribution < 1.29 is 19.4 Å². The highest BCUT2D eigenvalue weighted by Gasteiger charge is 2.14. The molecule has 0 bridgehead atoms. The van der Waals surface area contributed by atoms with Gasteiger partial charge in [-0.2, -0.15) is 4.98 Å². The Balaban J connectivity index is 2.44. The molecule has 0 amide bonds. The van der Waals surface area contributed by atoms with Crippen molar-refractivity contribution in [2.24, 2.45) is 0 Å². The fourth-order valence-corrected chi connectivity index (χ4v) is 1.71. The van der Waals surface area contributed by atoms with E-state index in [0.29, 0.717) is 18.0 Å². The van der Waals surface area contributed by atoms with Crippen LogP contribution in [-0.4, -0.2) is 28.2 Å². The molecule has 0 aliphatic heterocycles. The van der Waals surface area contributed by atoms with Crippen LogP contribution in [0.5, 0.6) is 17.4 Å². The molecule has 1 aromatic carbocycles. The van der Waals surface area contributed by atoms with Gasteiger partial charge in [-0.25, -0.2) is 4.79 Å². The molecule has 0 fully saturated rings. The molecule has 0 unspecified atom stereocenters. The van der Waals surface area contributed by atoms with Crippen molar-refractivity contribution in [2.45, 2.75) is 13.3 Å². The van der Waals surface area contributed by atoms with Gasteiger partial charge in [0.25, 0.3) is 5.56 Å². The SMILES string of the molecule is CCc1nc(Oc2cc(OC)ccc2C(=O)O)cc(=O)[nH]1. The van der Waals surface area contributed by atoms with Crippen molar-refractivity contribution in [3.63, 3.8) is 0 Å². The number of H-pyrrole nitrogens is 1. The summed E-state index contributed by atoms with van der Waals surface area (Å²) in [6, 6.07) is 5.46. The number of aryl methyl sites for hydroxylation is 1. The first-order valence-electron chi connectivity index (χ1n) is 6.23. The number of nitrogens with zero attached hydrogens (tertiary/aromatic N) is 1. The zero-order valence-electron chi connectivity index (χ0n) is 11.5. The van der Waals surface area contributed by atoms with E-state index in [1.54, 1.807) is 0 Å². The number of rotatable bonds is 5. The molecule has 0 spiro atoms. The number of aromatic nitrogens is 2. The molecule has 0 atom stereocenters. The van der Waals surface area contributed by atoms with Crippen molar-refractivity contribution in [3.05, 3.63) is 46.0 Å². The first-order valence-corrected chi connectivity index (χ1v) is 6.23. The second-order valence-electron chi connectivity index (χ2n) is 4.15. The molecule has 2 N–H and O–H groups in total. The van der Waals surface area contributed by atoms with Crippen molar-refractivity contribution in [1.82, 2.24) is 9.97 Å². The van der Waals surface area contributed by atoms with E-state index >= 15 is 0 Å². The molecule has 1 heterocycles. The molecule has 7 nitrogen and oxygen atoms in total. The van der Waals surface area contributed by atoms with Crippen LogP contribution in [-0.2, 0) is 6.42 Å². The van der Waals surface area contributed by atoms with Crippen molar-refractivity contribution in [2.75, 3.05) is 7.11 Å². The van der Waals surface area contributed by atoms with Crippen LogP contribution in [0.1, 0.15) is 23.1 Å². The Labute approximate surface area is 120 Å². The second kappa shape index (κ2) is 6.08. The number of carbonyl (C=O) groups is 1. The summed E-state index contributed by atoms with van der Waals surface area (Å²) < 4.78 is 10.5. The standard InChI is InChI=1S/C14H14N2O5/c1-3-11-15-12(17)7-13(16-11)21-10-6-8(20-2)4-5-9(10)14(18)19/h4-7H,3H2,1-2H3,(H,18,19)(H,15,16,17). The molecule has 1 aromatic heterocycles. The van der Waals surface area contributed by atoms with Gasteiger partial charge in [-0.1, -0.05) is 6.92 Å². The Bertz CT molecular complexity index is 724. The van der Waals surface area contributed by atoms with Gasteiger partial charge in [0.1, 0.15) is 22.9 Å². The third kappa shape index (κ3) is 3.38. The number of methoxy groups -OCH3 is 1. The zero-order valence-corrected chi connectivity index (χ0v) is 11.5. The van der Waals surface area contributed by atoms with Crippen LogP contribution < -0.4 is 15.0 Å². The number of carboxylic acids is 1. The summed E-state index contributed by atoms with van der Waals surface area (Å²) in [7, 11) is 1.46. The topological polar surface area (TPSA) is 102 Å². The molecular formula is C14H14N2O5. The first kappa shape index (κ1) is 14.6. The van der Waals surface area contributed by atoms with Gasteiger partial charge < -0.3 is 19.6 Å². The number of nitrogens with one attached hydrogen (secondary N) is 1. The molecular weight excluding hydrogens is 276 g/mol. The highest BCUT2D eigenvalue weighted by Crippen LogP contribution is 2.28. The molecule has 0 aliphatic carbocycles. The van der Waals surface area contributed by atoms with Crippen LogP contribution in [0, 0.1) is 0 Å². The average molecular weight is 290 g/mol. The number of carboxylic acid groups (broad SMARTS) is 1. The van der Waals surface area contributed by atoms with E-state index in [0.717, 1.165) is 6.07 Å². The van der Waals surface area contributed by atoms with E-state index in [9.17, 15) is 9.59 Å². The fraction of sp³-hybridized carbons (Fsp3) is 0.214. The van der Waals surface area contributed by atoms with Gasteiger partial charge in [-0.05, 0) is 12.1 Å². The highest BCUT2D eigenvalue weighted by atomic mass is 16.5. The summed E-state index contributed by atoms with van der Waals surface area (Å²) >= 11 is 0. The molecule has 0 saturated heterocycles. The summed E-state index contributed by atoms with van der Waals surface area (Å²) in [6.45, 7) is 1.83. The van der Waals surface area contributed by atoms with Gasteiger partial charge in [0.2, 0.25) is 5.88 Å². The Kier molecular flexibility index (Phi) is 4.22. The van der Waals surface area contributed by atoms with Gasteiger partial charge in [0.15, 0.2) is 0 Å². The molecule has 110 valence electrons. The lowest BCUT2D eigenvalue weighted by Gasteiger charge is -2.10. The number of hydrogen-bond acceptors (Lipinski definition) is 5. The molecule has 2 aromatic rings. The Hall–Kier alpha value is -2.83. The average Bonchev–Trinajstić information content (AvgIpc) is 2.46. The number of aromatic amines is 1. The van der Waals surface area contributed by atoms with Crippen LogP contribution in [0.2, 0.25) is 0 Å². The van der Waals surface area contributed by atoms with Crippen molar-refractivity contribution in [1.29, 1.82) is 0 Å². The van der Waals surface area contributed by atoms with Crippen LogP contribution >= 0.6 is 0 Å². The number of aromatic carboxylic acids is 1. The largest absolute Gasteiger partial charge is 0.497 e. The quantitative estimate of drug-likeness (QED) is 0.871. The van der Waals surface area contributed by atoms with E-state index < -0.39 is 5.97 Å². The van der Waals surface area contributed by atoms with E-state index in [-0.39, 0.29) is 22.8 Å². The van der Waals surface area contributed by atoms with Crippen molar-refractivity contribution >= 4 is 5.97 Å². The number of benzene rings is 1. The number of hydrogen-bond donors (Lipinski definition) is 2. The Morgan fingerprint density at radius 3 is 2.76 bits per heavy atom. The maximum Gasteiger partial charge on any atom is 0.339 e. The molecule has 2 rings (SSSR count). The third-order valence-corrected chi connectivity index (χ3v) is 2.74. The van der Waals surface area contributed by atoms with E-state index in [4.69, 9.17) is 14.6 Å². The zero-order chi connectivity index (χ0) is 15.4. The predicted octanol–water partition coefficient (Wildman–Crippen LogP) is 1.83. The minimum absolute atomic E-state index is 0.0337. The van der Waals surface area contributed by atoms with Crippen LogP contribution in [0.3, 0.4) is 0 Å². The molecule has 21 heavy (non-hydrogen) atoms. The Morgan fingerprint density at radius 2 is 2.14 bits per heavy atom. The van der Waals surface area contributed by atoms with Crippen LogP contribution in [0.4, 0.5) is 0 Å². The summed E-state index contributed by atoms with van der Waals surface area (Å²) in [4.78, 5) is 29.3. The molecule has 0 radical (unpaired) electrons. The summed E-state index contributed by atoms with van der Waals surface area (Å²) in [6.07, 6.45) is 0.524. The maximum atomic E-state index is 11.5. The number of ether oxygens (including phenoxy) is 2. The van der Waals surface area contributed by atoms with Gasteiger partial charge in [0, 0.05) is 12.5 Å². The van der Waals surface area contributed by atoms with Gasteiger partial charge in [-0.15, -0.1) is 0 Å². The molecule has 0 saturated carbocycles. The van der Waals surface area contributed by atoms with Gasteiger partial charge >= 0.3 is 5.97 Å². The molecule has 7 heteroatoms. The van der Waals surface area contributed by atoms with Crippen LogP contribution in [0.15, 0.2) is 29.1 Å². The van der Waals surface area contributed by atoms with E-state index in [1.165, 1.54) is 25.3 Å². The smallest absolute Gasteiger partial charge is 0.339 e. The molecule has 0 aliphatic rings. The van der Waals surface area contributed by atoms with Gasteiger partial charge in [-0.3, -0.25) is 4.79 Å². The maximum absolute atomic E-state index is 11.5. The van der Waals surface area contributed by atoms with Crippen LogP contribution in [0.25, 0.3) is 0 Å². The first-order chi connectivity index (χ1) is 10.0. The van der Waals surface area contributed by atoms with E-state index in [1.807, 2.05) is 6.92 Å². The Morgan fingerprint density at radius 1 is 1.38 bits per heavy atom. The van der Waals surface area contributed by atoms with Crippen molar-refractivity contribution in [3.8, 4) is 17.4 Å². The minimum atomic E-state index is -1.15. The second-order valence-corrected chi connectivity index (χ2v) is 4.15. The normalized spacial score (nSPS) is 10.2. The predicted molar refractivity (Wildman–Crippen MR) is 74.3 cm³/mol. The highest BCUT2D eigenvalue weighted by molar-refractivity contribution is 5.91. The lowest BCUT2D eigenvalue weighted by Crippen LogP contribution is -2.11. The monoisotopic (exact) mass is 290 g/mol. The van der Waals surface area contributed by atoms with E-state index in [2.05, 4.69) is 9.97 Å². The van der Waals surface area contributed by atoms with Gasteiger partial charge in [0.05, 0.1) is 13.2 Å².